The maximum Gasteiger partial charge on any atom is 0.271 e. The van der Waals surface area contributed by atoms with Crippen molar-refractivity contribution >= 4 is 22.7 Å². The van der Waals surface area contributed by atoms with E-state index in [0.717, 1.165) is 36.6 Å². The van der Waals surface area contributed by atoms with Gasteiger partial charge in [-0.3, -0.25) is 9.59 Å². The molecule has 4 rings (SSSR count). The first-order valence-corrected chi connectivity index (χ1v) is 10.3. The van der Waals surface area contributed by atoms with Crippen LogP contribution in [-0.2, 0) is 11.3 Å². The summed E-state index contributed by atoms with van der Waals surface area (Å²) < 4.78 is 2.04. The van der Waals surface area contributed by atoms with Crippen molar-refractivity contribution < 1.29 is 9.59 Å². The van der Waals surface area contributed by atoms with Crippen LogP contribution in [0.3, 0.4) is 0 Å². The molecule has 144 valence electrons. The Bertz CT molecular complexity index is 866. The largest absolute Gasteiger partial charge is 0.351 e. The van der Waals surface area contributed by atoms with Crippen molar-refractivity contribution in [3.8, 4) is 0 Å². The molecule has 5 nitrogen and oxygen atoms in total. The van der Waals surface area contributed by atoms with E-state index >= 15 is 0 Å². The van der Waals surface area contributed by atoms with Crippen LogP contribution >= 0.6 is 0 Å². The summed E-state index contributed by atoms with van der Waals surface area (Å²) in [4.78, 5) is 28.5. The van der Waals surface area contributed by atoms with Gasteiger partial charge in [0.2, 0.25) is 5.91 Å². The van der Waals surface area contributed by atoms with Gasteiger partial charge in [-0.1, -0.05) is 44.4 Å². The zero-order chi connectivity index (χ0) is 19.0. The van der Waals surface area contributed by atoms with Gasteiger partial charge in [-0.25, -0.2) is 0 Å². The van der Waals surface area contributed by atoms with Crippen molar-refractivity contribution in [2.45, 2.75) is 70.5 Å². The second-order valence-electron chi connectivity index (χ2n) is 8.21. The van der Waals surface area contributed by atoms with E-state index in [1.807, 2.05) is 46.7 Å². The second-order valence-corrected chi connectivity index (χ2v) is 8.21. The Morgan fingerprint density at radius 2 is 2.00 bits per heavy atom. The van der Waals surface area contributed by atoms with Crippen LogP contribution in [0.15, 0.2) is 30.3 Å². The number of amides is 2. The first-order chi connectivity index (χ1) is 13.0. The van der Waals surface area contributed by atoms with E-state index < -0.39 is 5.54 Å². The Hall–Kier alpha value is -2.30. The highest BCUT2D eigenvalue weighted by atomic mass is 16.2. The van der Waals surface area contributed by atoms with Gasteiger partial charge in [-0.05, 0) is 38.3 Å². The molecular weight excluding hydrogens is 338 g/mol. The number of hydrogen-bond acceptors (Lipinski definition) is 2. The predicted octanol–water partition coefficient (Wildman–Crippen LogP) is 3.71. The summed E-state index contributed by atoms with van der Waals surface area (Å²) in [7, 11) is 0. The average molecular weight is 367 g/mol. The summed E-state index contributed by atoms with van der Waals surface area (Å²) in [5, 5.41) is 4.29. The highest BCUT2D eigenvalue weighted by Gasteiger charge is 2.47. The van der Waals surface area contributed by atoms with E-state index in [4.69, 9.17) is 0 Å². The molecule has 1 N–H and O–H groups in total. The molecule has 1 atom stereocenters. The fourth-order valence-corrected chi connectivity index (χ4v) is 4.58. The minimum absolute atomic E-state index is 0.0118. The van der Waals surface area contributed by atoms with Crippen LogP contribution < -0.4 is 5.32 Å². The zero-order valence-corrected chi connectivity index (χ0v) is 16.3. The number of fused-ring (bicyclic) bond motifs is 3. The van der Waals surface area contributed by atoms with E-state index in [0.29, 0.717) is 18.8 Å². The molecule has 1 aliphatic heterocycles. The van der Waals surface area contributed by atoms with Crippen LogP contribution in [0.5, 0.6) is 0 Å². The summed E-state index contributed by atoms with van der Waals surface area (Å²) in [5.41, 5.74) is 0.859. The molecule has 0 bridgehead atoms. The minimum Gasteiger partial charge on any atom is -0.351 e. The van der Waals surface area contributed by atoms with Crippen molar-refractivity contribution in [1.29, 1.82) is 0 Å². The third-order valence-corrected chi connectivity index (χ3v) is 6.25. The van der Waals surface area contributed by atoms with Gasteiger partial charge in [0.05, 0.1) is 6.54 Å². The number of benzene rings is 1. The van der Waals surface area contributed by atoms with Gasteiger partial charge in [-0.15, -0.1) is 0 Å². The van der Waals surface area contributed by atoms with Crippen molar-refractivity contribution in [2.24, 2.45) is 0 Å². The number of carbonyl (C=O) groups is 2. The van der Waals surface area contributed by atoms with Gasteiger partial charge in [0.15, 0.2) is 0 Å². The first kappa shape index (κ1) is 18.1. The zero-order valence-electron chi connectivity index (χ0n) is 16.3. The monoisotopic (exact) mass is 367 g/mol. The molecule has 1 aromatic carbocycles. The Morgan fingerprint density at radius 1 is 1.26 bits per heavy atom. The highest BCUT2D eigenvalue weighted by Crippen LogP contribution is 2.33. The lowest BCUT2D eigenvalue weighted by molar-refractivity contribution is -0.133. The van der Waals surface area contributed by atoms with Crippen LogP contribution in [0, 0.1) is 0 Å². The summed E-state index contributed by atoms with van der Waals surface area (Å²) in [5.74, 6) is -0.0442. The summed E-state index contributed by atoms with van der Waals surface area (Å²) in [6.45, 7) is 5.17. The van der Waals surface area contributed by atoms with E-state index in [2.05, 4.69) is 12.2 Å². The molecule has 2 heterocycles. The summed E-state index contributed by atoms with van der Waals surface area (Å²) in [6, 6.07) is 10.2. The number of unbranched alkanes of at least 4 members (excludes halogenated alkanes) is 1. The van der Waals surface area contributed by atoms with Gasteiger partial charge in [0, 0.05) is 23.5 Å². The van der Waals surface area contributed by atoms with E-state index in [-0.39, 0.29) is 17.9 Å². The Labute approximate surface area is 160 Å². The summed E-state index contributed by atoms with van der Waals surface area (Å²) >= 11 is 0. The molecule has 5 heteroatoms. The normalized spacial score (nSPS) is 23.0. The molecule has 2 aliphatic rings. The number of carbonyl (C=O) groups excluding carboxylic acids is 2. The Balaban J connectivity index is 1.73. The third-order valence-electron chi connectivity index (χ3n) is 6.25. The molecule has 0 saturated heterocycles. The van der Waals surface area contributed by atoms with Gasteiger partial charge in [-0.2, -0.15) is 0 Å². The number of rotatable bonds is 5. The predicted molar refractivity (Wildman–Crippen MR) is 107 cm³/mol. The highest BCUT2D eigenvalue weighted by molar-refractivity contribution is 6.03. The minimum atomic E-state index is -0.858. The van der Waals surface area contributed by atoms with Crippen LogP contribution in [0.4, 0.5) is 0 Å². The molecule has 1 saturated carbocycles. The lowest BCUT2D eigenvalue weighted by Crippen LogP contribution is -2.64. The van der Waals surface area contributed by atoms with Crippen LogP contribution in [0.2, 0.25) is 0 Å². The molecule has 1 aliphatic carbocycles. The van der Waals surface area contributed by atoms with E-state index in [1.165, 1.54) is 12.8 Å². The number of nitrogens with one attached hydrogen (secondary N) is 1. The number of para-hydroxylation sites is 1. The standard InChI is InChI=1S/C22H29N3O2/c1-3-4-13-25-20(26)19-14-16-9-5-8-12-18(16)24(19)15-22(25,2)21(27)23-17-10-6-7-11-17/h5,8-9,12,14,17H,3-4,6-7,10-11,13,15H2,1-2H3,(H,23,27)/t22-/m0/s1. The molecule has 1 aromatic heterocycles. The number of aromatic nitrogens is 1. The van der Waals surface area contributed by atoms with Crippen molar-refractivity contribution in [3.63, 3.8) is 0 Å². The molecular formula is C22H29N3O2. The molecule has 0 unspecified atom stereocenters. The molecule has 1 fully saturated rings. The topological polar surface area (TPSA) is 54.3 Å². The van der Waals surface area contributed by atoms with E-state index in [9.17, 15) is 9.59 Å². The van der Waals surface area contributed by atoms with Gasteiger partial charge in [0.1, 0.15) is 11.2 Å². The fourth-order valence-electron chi connectivity index (χ4n) is 4.58. The lowest BCUT2D eigenvalue weighted by Gasteiger charge is -2.44. The molecule has 2 amide bonds. The van der Waals surface area contributed by atoms with Crippen LogP contribution in [-0.4, -0.2) is 39.4 Å². The van der Waals surface area contributed by atoms with E-state index in [1.54, 1.807) is 0 Å². The second kappa shape index (κ2) is 7.02. The maximum absolute atomic E-state index is 13.4. The number of nitrogens with zero attached hydrogens (tertiary/aromatic N) is 2. The SMILES string of the molecule is CCCCN1C(=O)c2cc3ccccc3n2C[C@@]1(C)C(=O)NC1CCCC1. The molecule has 2 aromatic rings. The quantitative estimate of drug-likeness (QED) is 0.876. The molecule has 27 heavy (non-hydrogen) atoms. The van der Waals surface area contributed by atoms with Crippen molar-refractivity contribution in [3.05, 3.63) is 36.0 Å². The molecule has 0 radical (unpaired) electrons. The third kappa shape index (κ3) is 3.03. The Morgan fingerprint density at radius 3 is 2.74 bits per heavy atom. The maximum atomic E-state index is 13.4. The van der Waals surface area contributed by atoms with Gasteiger partial charge < -0.3 is 14.8 Å². The van der Waals surface area contributed by atoms with Crippen molar-refractivity contribution in [2.75, 3.05) is 6.54 Å². The van der Waals surface area contributed by atoms with Gasteiger partial charge in [0.25, 0.3) is 5.91 Å². The fraction of sp³-hybridized carbons (Fsp3) is 0.545. The first-order valence-electron chi connectivity index (χ1n) is 10.3. The van der Waals surface area contributed by atoms with Crippen LogP contribution in [0.25, 0.3) is 10.9 Å². The van der Waals surface area contributed by atoms with Crippen LogP contribution in [0.1, 0.15) is 62.9 Å². The lowest BCUT2D eigenvalue weighted by atomic mass is 9.93. The summed E-state index contributed by atoms with van der Waals surface area (Å²) in [6.07, 6.45) is 6.33. The van der Waals surface area contributed by atoms with Crippen molar-refractivity contribution in [1.82, 2.24) is 14.8 Å². The average Bonchev–Trinajstić information content (AvgIpc) is 3.29. The Kier molecular flexibility index (Phi) is 4.70. The van der Waals surface area contributed by atoms with Gasteiger partial charge >= 0.3 is 0 Å². The molecule has 0 spiro atoms. The number of hydrogen-bond donors (Lipinski definition) is 1. The smallest absolute Gasteiger partial charge is 0.271 e.